The monoisotopic (exact) mass is 195 g/mol. The highest BCUT2D eigenvalue weighted by Crippen LogP contribution is 1.91. The Morgan fingerprint density at radius 2 is 2.43 bits per heavy atom. The van der Waals surface area contributed by atoms with Gasteiger partial charge in [0, 0.05) is 6.08 Å². The van der Waals surface area contributed by atoms with E-state index in [2.05, 4.69) is 16.1 Å². The van der Waals surface area contributed by atoms with Gasteiger partial charge >= 0.3 is 5.97 Å². The predicted octanol–water partition coefficient (Wildman–Crippen LogP) is 0.812. The molecule has 1 N–H and O–H groups in total. The van der Waals surface area contributed by atoms with Gasteiger partial charge in [0.1, 0.15) is 12.4 Å². The first-order valence-electron chi connectivity index (χ1n) is 4.64. The second-order valence-corrected chi connectivity index (χ2v) is 2.93. The molecule has 0 atom stereocenters. The molecule has 1 aromatic heterocycles. The largest absolute Gasteiger partial charge is 0.463 e. The van der Waals surface area contributed by atoms with E-state index in [0.29, 0.717) is 6.61 Å². The number of hydrogen-bond acceptors (Lipinski definition) is 2. The number of hydrogen-bond donors (Lipinski definition) is 1. The van der Waals surface area contributed by atoms with Gasteiger partial charge in [0.05, 0.1) is 13.2 Å². The first kappa shape index (κ1) is 10.5. The van der Waals surface area contributed by atoms with E-state index in [9.17, 15) is 4.79 Å². The Kier molecular flexibility index (Phi) is 4.47. The van der Waals surface area contributed by atoms with E-state index >= 15 is 0 Å². The van der Waals surface area contributed by atoms with Crippen LogP contribution in [-0.4, -0.2) is 17.6 Å². The fourth-order valence-corrected chi connectivity index (χ4v) is 1.09. The van der Waals surface area contributed by atoms with Gasteiger partial charge in [-0.05, 0) is 12.8 Å². The number of rotatable bonds is 6. The summed E-state index contributed by atoms with van der Waals surface area (Å²) in [5.74, 6) is -0.348. The normalized spacial score (nSPS) is 9.71. The van der Waals surface area contributed by atoms with Gasteiger partial charge < -0.3 is 4.74 Å². The highest BCUT2D eigenvalue weighted by Gasteiger charge is 1.98. The third kappa shape index (κ3) is 3.89. The number of carbonyl (C=O) groups excluding carboxylic acids is 1. The van der Waals surface area contributed by atoms with E-state index in [4.69, 9.17) is 4.74 Å². The van der Waals surface area contributed by atoms with Crippen molar-refractivity contribution in [2.24, 2.45) is 0 Å². The topological polar surface area (TPSA) is 46.0 Å². The van der Waals surface area contributed by atoms with Crippen LogP contribution in [0.2, 0.25) is 0 Å². The standard InChI is InChI=1S/C10H14N2O2/c1-2-10(13)14-8-4-3-6-12-7-5-11-9-12/h2,5,7,9H,1,3-4,6,8H2/p+1. The highest BCUT2D eigenvalue weighted by molar-refractivity contribution is 5.81. The second kappa shape index (κ2) is 5.96. The maximum Gasteiger partial charge on any atom is 0.330 e. The molecule has 0 aliphatic carbocycles. The van der Waals surface area contributed by atoms with Crippen molar-refractivity contribution >= 4 is 5.97 Å². The quantitative estimate of drug-likeness (QED) is 0.316. The van der Waals surface area contributed by atoms with Crippen molar-refractivity contribution in [3.8, 4) is 0 Å². The van der Waals surface area contributed by atoms with Crippen LogP contribution in [0.15, 0.2) is 31.4 Å². The number of H-pyrrole nitrogens is 1. The minimum absolute atomic E-state index is 0.348. The van der Waals surface area contributed by atoms with E-state index in [1.165, 1.54) is 6.08 Å². The van der Waals surface area contributed by atoms with Gasteiger partial charge in [-0.15, -0.1) is 0 Å². The molecule has 76 valence electrons. The number of esters is 1. The summed E-state index contributed by atoms with van der Waals surface area (Å²) in [5, 5.41) is 0. The first-order chi connectivity index (χ1) is 6.83. The molecule has 0 unspecified atom stereocenters. The average Bonchev–Trinajstić information content (AvgIpc) is 2.69. The smallest absolute Gasteiger partial charge is 0.330 e. The van der Waals surface area contributed by atoms with Crippen molar-refractivity contribution < 1.29 is 14.1 Å². The molecule has 0 fully saturated rings. The summed E-state index contributed by atoms with van der Waals surface area (Å²) in [4.78, 5) is 13.6. The molecule has 1 aromatic rings. The second-order valence-electron chi connectivity index (χ2n) is 2.93. The maximum atomic E-state index is 10.7. The van der Waals surface area contributed by atoms with Crippen LogP contribution in [0, 0.1) is 0 Å². The van der Waals surface area contributed by atoms with Crippen LogP contribution < -0.4 is 4.57 Å². The van der Waals surface area contributed by atoms with Crippen molar-refractivity contribution in [2.45, 2.75) is 19.4 Å². The minimum Gasteiger partial charge on any atom is -0.463 e. The van der Waals surface area contributed by atoms with Crippen molar-refractivity contribution in [1.29, 1.82) is 0 Å². The van der Waals surface area contributed by atoms with Crippen LogP contribution in [0.5, 0.6) is 0 Å². The van der Waals surface area contributed by atoms with Gasteiger partial charge in [0.2, 0.25) is 6.33 Å². The van der Waals surface area contributed by atoms with E-state index in [1.807, 2.05) is 18.7 Å². The molecule has 0 aromatic carbocycles. The predicted molar refractivity (Wildman–Crippen MR) is 51.4 cm³/mol. The molecule has 1 heterocycles. The molecule has 14 heavy (non-hydrogen) atoms. The number of carbonyl (C=O) groups is 1. The number of ether oxygens (including phenoxy) is 1. The van der Waals surface area contributed by atoms with Gasteiger partial charge in [-0.1, -0.05) is 6.58 Å². The lowest BCUT2D eigenvalue weighted by Gasteiger charge is -2.00. The zero-order valence-corrected chi connectivity index (χ0v) is 8.11. The Balaban J connectivity index is 2.00. The van der Waals surface area contributed by atoms with Crippen molar-refractivity contribution in [2.75, 3.05) is 6.61 Å². The van der Waals surface area contributed by atoms with Crippen LogP contribution in [0.1, 0.15) is 12.8 Å². The summed E-state index contributed by atoms with van der Waals surface area (Å²) >= 11 is 0. The first-order valence-corrected chi connectivity index (χ1v) is 4.64. The Labute approximate surface area is 83.2 Å². The van der Waals surface area contributed by atoms with Gasteiger partial charge in [-0.3, -0.25) is 4.98 Å². The highest BCUT2D eigenvalue weighted by atomic mass is 16.5. The molecule has 4 nitrogen and oxygen atoms in total. The summed E-state index contributed by atoms with van der Waals surface area (Å²) in [6.45, 7) is 4.73. The number of aromatic amines is 1. The number of aryl methyl sites for hydroxylation is 1. The fourth-order valence-electron chi connectivity index (χ4n) is 1.09. The maximum absolute atomic E-state index is 10.7. The minimum atomic E-state index is -0.348. The Hall–Kier alpha value is -1.58. The number of nitrogens with zero attached hydrogens (tertiary/aromatic N) is 1. The summed E-state index contributed by atoms with van der Waals surface area (Å²) in [6.07, 6.45) is 8.79. The molecule has 0 aliphatic heterocycles. The molecular weight excluding hydrogens is 180 g/mol. The summed E-state index contributed by atoms with van der Waals surface area (Å²) in [7, 11) is 0. The summed E-state index contributed by atoms with van der Waals surface area (Å²) in [6, 6.07) is 0. The van der Waals surface area contributed by atoms with Gasteiger partial charge in [-0.2, -0.15) is 0 Å². The Bertz CT molecular complexity index is 280. The van der Waals surface area contributed by atoms with Gasteiger partial charge in [0.25, 0.3) is 0 Å². The molecule has 1 rings (SSSR count). The van der Waals surface area contributed by atoms with E-state index in [1.54, 1.807) is 0 Å². The molecule has 4 heteroatoms. The molecule has 0 amide bonds. The molecule has 0 spiro atoms. The lowest BCUT2D eigenvalue weighted by atomic mass is 10.3. The average molecular weight is 195 g/mol. The molecule has 0 saturated heterocycles. The lowest BCUT2D eigenvalue weighted by molar-refractivity contribution is -0.696. The molecule has 0 radical (unpaired) electrons. The van der Waals surface area contributed by atoms with Crippen LogP contribution in [-0.2, 0) is 16.1 Å². The van der Waals surface area contributed by atoms with Crippen LogP contribution >= 0.6 is 0 Å². The zero-order valence-electron chi connectivity index (χ0n) is 8.11. The number of nitrogens with one attached hydrogen (secondary N) is 1. The number of imidazole rings is 1. The molecule has 0 bridgehead atoms. The third-order valence-corrected chi connectivity index (χ3v) is 1.82. The summed E-state index contributed by atoms with van der Waals surface area (Å²) in [5.41, 5.74) is 0. The van der Waals surface area contributed by atoms with Crippen molar-refractivity contribution in [3.05, 3.63) is 31.4 Å². The van der Waals surface area contributed by atoms with Gasteiger partial charge in [-0.25, -0.2) is 9.36 Å². The molecular formula is C10H15N2O2+. The van der Waals surface area contributed by atoms with Crippen LogP contribution in [0.3, 0.4) is 0 Å². The van der Waals surface area contributed by atoms with Crippen LogP contribution in [0.25, 0.3) is 0 Å². The SMILES string of the molecule is C=CC(=O)OCCCC[n+]1cc[nH]c1. The Morgan fingerprint density at radius 3 is 3.07 bits per heavy atom. The summed E-state index contributed by atoms with van der Waals surface area (Å²) < 4.78 is 6.89. The molecule has 0 aliphatic rings. The van der Waals surface area contributed by atoms with E-state index < -0.39 is 0 Å². The lowest BCUT2D eigenvalue weighted by Crippen LogP contribution is -2.30. The Morgan fingerprint density at radius 1 is 1.57 bits per heavy atom. The number of unbranched alkanes of at least 4 members (excludes halogenated alkanes) is 1. The number of aromatic nitrogens is 2. The fraction of sp³-hybridized carbons (Fsp3) is 0.400. The third-order valence-electron chi connectivity index (χ3n) is 1.82. The van der Waals surface area contributed by atoms with Crippen molar-refractivity contribution in [3.63, 3.8) is 0 Å². The zero-order chi connectivity index (χ0) is 10.2. The van der Waals surface area contributed by atoms with E-state index in [0.717, 1.165) is 19.4 Å². The van der Waals surface area contributed by atoms with Crippen LogP contribution in [0.4, 0.5) is 0 Å². The molecule has 0 saturated carbocycles. The van der Waals surface area contributed by atoms with Gasteiger partial charge in [0.15, 0.2) is 0 Å². The van der Waals surface area contributed by atoms with Crippen molar-refractivity contribution in [1.82, 2.24) is 4.98 Å². The van der Waals surface area contributed by atoms with E-state index in [-0.39, 0.29) is 5.97 Å².